The topological polar surface area (TPSA) is 81.8 Å². The number of aromatic hydroxyl groups is 1. The molecular formula is C24H20N4O3. The van der Waals surface area contributed by atoms with Gasteiger partial charge in [0.25, 0.3) is 0 Å². The maximum atomic E-state index is 10.7. The minimum Gasteiger partial charge on any atom is -0.506 e. The summed E-state index contributed by atoms with van der Waals surface area (Å²) in [7, 11) is 3.21. The molecule has 0 atom stereocenters. The van der Waals surface area contributed by atoms with Crippen molar-refractivity contribution < 1.29 is 14.6 Å². The Hall–Kier alpha value is -4.13. The van der Waals surface area contributed by atoms with Crippen LogP contribution in [0.1, 0.15) is 5.69 Å². The first kappa shape index (κ1) is 18.9. The van der Waals surface area contributed by atoms with E-state index in [2.05, 4.69) is 10.2 Å². The summed E-state index contributed by atoms with van der Waals surface area (Å²) < 4.78 is 12.6. The molecule has 0 aliphatic carbocycles. The van der Waals surface area contributed by atoms with E-state index < -0.39 is 0 Å². The van der Waals surface area contributed by atoms with Gasteiger partial charge in [0.15, 0.2) is 11.2 Å². The number of phenols is 1. The SMILES string of the molecule is COc1ccc(-c2cc(O)c3nnc4c(-c5ccccc5)c(C)nn4c3c2)c(OC)c1. The number of hydrogen-bond donors (Lipinski definition) is 1. The van der Waals surface area contributed by atoms with Crippen LogP contribution in [0.3, 0.4) is 0 Å². The van der Waals surface area contributed by atoms with Crippen LogP contribution in [0.25, 0.3) is 38.9 Å². The molecule has 0 unspecified atom stereocenters. The van der Waals surface area contributed by atoms with Gasteiger partial charge in [-0.15, -0.1) is 10.2 Å². The molecule has 2 heterocycles. The zero-order valence-electron chi connectivity index (χ0n) is 17.3. The third-order valence-corrected chi connectivity index (χ3v) is 5.36. The molecule has 2 aromatic heterocycles. The fourth-order valence-corrected chi connectivity index (χ4v) is 3.88. The van der Waals surface area contributed by atoms with Gasteiger partial charge in [-0.1, -0.05) is 30.3 Å². The van der Waals surface area contributed by atoms with Crippen molar-refractivity contribution in [3.63, 3.8) is 0 Å². The zero-order valence-corrected chi connectivity index (χ0v) is 17.3. The molecule has 0 aliphatic heterocycles. The first-order chi connectivity index (χ1) is 15.1. The summed E-state index contributed by atoms with van der Waals surface area (Å²) in [6.45, 7) is 1.94. The number of aryl methyl sites for hydroxylation is 1. The second kappa shape index (κ2) is 7.28. The van der Waals surface area contributed by atoms with E-state index in [1.54, 1.807) is 24.8 Å². The molecule has 0 aliphatic rings. The maximum Gasteiger partial charge on any atom is 0.186 e. The van der Waals surface area contributed by atoms with E-state index in [1.165, 1.54) is 0 Å². The molecule has 0 radical (unpaired) electrons. The van der Waals surface area contributed by atoms with Crippen LogP contribution in [0.5, 0.6) is 17.2 Å². The van der Waals surface area contributed by atoms with E-state index in [-0.39, 0.29) is 5.75 Å². The maximum absolute atomic E-state index is 10.7. The summed E-state index contributed by atoms with van der Waals surface area (Å²) in [5, 5.41) is 24.1. The second-order valence-electron chi connectivity index (χ2n) is 7.19. The van der Waals surface area contributed by atoms with Crippen LogP contribution in [0.4, 0.5) is 0 Å². The molecule has 0 spiro atoms. The van der Waals surface area contributed by atoms with E-state index >= 15 is 0 Å². The largest absolute Gasteiger partial charge is 0.506 e. The molecule has 5 aromatic rings. The van der Waals surface area contributed by atoms with Crippen LogP contribution in [0, 0.1) is 6.92 Å². The predicted molar refractivity (Wildman–Crippen MR) is 119 cm³/mol. The monoisotopic (exact) mass is 412 g/mol. The Labute approximate surface area is 178 Å². The molecule has 1 N–H and O–H groups in total. The summed E-state index contributed by atoms with van der Waals surface area (Å²) in [5.41, 5.74) is 6.02. The Morgan fingerprint density at radius 1 is 0.871 bits per heavy atom. The van der Waals surface area contributed by atoms with Crippen LogP contribution in [0.15, 0.2) is 60.7 Å². The van der Waals surface area contributed by atoms with Crippen molar-refractivity contribution in [2.75, 3.05) is 14.2 Å². The minimum atomic E-state index is 0.0224. The first-order valence-corrected chi connectivity index (χ1v) is 9.77. The lowest BCUT2D eigenvalue weighted by molar-refractivity contribution is 0.395. The third-order valence-electron chi connectivity index (χ3n) is 5.36. The highest BCUT2D eigenvalue weighted by Gasteiger charge is 2.18. The summed E-state index contributed by atoms with van der Waals surface area (Å²) in [6.07, 6.45) is 0. The smallest absolute Gasteiger partial charge is 0.186 e. The van der Waals surface area contributed by atoms with Crippen LogP contribution in [-0.2, 0) is 0 Å². The second-order valence-corrected chi connectivity index (χ2v) is 7.19. The molecular weight excluding hydrogens is 392 g/mol. The van der Waals surface area contributed by atoms with Crippen molar-refractivity contribution in [2.24, 2.45) is 0 Å². The minimum absolute atomic E-state index is 0.0224. The zero-order chi connectivity index (χ0) is 21.5. The van der Waals surface area contributed by atoms with Crippen LogP contribution in [0.2, 0.25) is 0 Å². The van der Waals surface area contributed by atoms with Crippen molar-refractivity contribution >= 4 is 16.7 Å². The molecule has 0 saturated carbocycles. The van der Waals surface area contributed by atoms with Gasteiger partial charge in [0.2, 0.25) is 0 Å². The molecule has 7 nitrogen and oxygen atoms in total. The van der Waals surface area contributed by atoms with Gasteiger partial charge < -0.3 is 14.6 Å². The normalized spacial score (nSPS) is 11.2. The van der Waals surface area contributed by atoms with Crippen molar-refractivity contribution in [2.45, 2.75) is 6.92 Å². The third kappa shape index (κ3) is 3.02. The number of nitrogens with zero attached hydrogens (tertiary/aromatic N) is 4. The predicted octanol–water partition coefficient (Wildman–Crippen LogP) is 4.64. The molecule has 0 bridgehead atoms. The molecule has 5 rings (SSSR count). The van der Waals surface area contributed by atoms with Crippen LogP contribution < -0.4 is 9.47 Å². The van der Waals surface area contributed by atoms with Gasteiger partial charge in [0.1, 0.15) is 17.2 Å². The van der Waals surface area contributed by atoms with Gasteiger partial charge in [-0.2, -0.15) is 5.10 Å². The van der Waals surface area contributed by atoms with Gasteiger partial charge in [-0.05, 0) is 42.3 Å². The lowest BCUT2D eigenvalue weighted by Gasteiger charge is -2.12. The fourth-order valence-electron chi connectivity index (χ4n) is 3.88. The quantitative estimate of drug-likeness (QED) is 0.463. The number of ether oxygens (including phenoxy) is 2. The van der Waals surface area contributed by atoms with Crippen molar-refractivity contribution in [3.8, 4) is 39.5 Å². The van der Waals surface area contributed by atoms with Gasteiger partial charge in [-0.3, -0.25) is 0 Å². The van der Waals surface area contributed by atoms with Gasteiger partial charge in [0, 0.05) is 11.6 Å². The highest BCUT2D eigenvalue weighted by Crippen LogP contribution is 2.38. The number of aromatic nitrogens is 4. The van der Waals surface area contributed by atoms with E-state index in [1.807, 2.05) is 61.5 Å². The van der Waals surface area contributed by atoms with Gasteiger partial charge in [-0.25, -0.2) is 4.52 Å². The van der Waals surface area contributed by atoms with E-state index in [0.29, 0.717) is 28.2 Å². The molecule has 154 valence electrons. The summed E-state index contributed by atoms with van der Waals surface area (Å²) >= 11 is 0. The Balaban J connectivity index is 1.78. The Morgan fingerprint density at radius 2 is 1.68 bits per heavy atom. The van der Waals surface area contributed by atoms with Crippen molar-refractivity contribution in [1.29, 1.82) is 0 Å². The first-order valence-electron chi connectivity index (χ1n) is 9.77. The molecule has 0 saturated heterocycles. The number of methoxy groups -OCH3 is 2. The Kier molecular flexibility index (Phi) is 4.43. The molecule has 31 heavy (non-hydrogen) atoms. The summed E-state index contributed by atoms with van der Waals surface area (Å²) in [5.74, 6) is 1.35. The van der Waals surface area contributed by atoms with E-state index in [4.69, 9.17) is 14.6 Å². The average Bonchev–Trinajstić information content (AvgIpc) is 3.15. The number of fused-ring (bicyclic) bond motifs is 3. The number of phenolic OH excluding ortho intramolecular Hbond substituents is 1. The lowest BCUT2D eigenvalue weighted by Crippen LogP contribution is -1.98. The lowest BCUT2D eigenvalue weighted by atomic mass is 10.0. The summed E-state index contributed by atoms with van der Waals surface area (Å²) in [4.78, 5) is 0. The van der Waals surface area contributed by atoms with Gasteiger partial charge >= 0.3 is 0 Å². The Bertz CT molecular complexity index is 1430. The standard InChI is InChI=1S/C24H20N4O3/c1-14-22(15-7-5-4-6-8-15)24-26-25-23-19(28(24)27-14)11-16(12-20(23)29)18-10-9-17(30-2)13-21(18)31-3/h4-13,29H,1-3H3. The average molecular weight is 412 g/mol. The molecule has 3 aromatic carbocycles. The highest BCUT2D eigenvalue weighted by molar-refractivity contribution is 5.91. The number of rotatable bonds is 4. The van der Waals surface area contributed by atoms with Crippen molar-refractivity contribution in [3.05, 3.63) is 66.4 Å². The van der Waals surface area contributed by atoms with Crippen LogP contribution >= 0.6 is 0 Å². The number of hydrogen-bond acceptors (Lipinski definition) is 6. The molecule has 0 fully saturated rings. The van der Waals surface area contributed by atoms with E-state index in [0.717, 1.165) is 27.9 Å². The molecule has 7 heteroatoms. The van der Waals surface area contributed by atoms with Crippen LogP contribution in [-0.4, -0.2) is 39.1 Å². The van der Waals surface area contributed by atoms with Crippen molar-refractivity contribution in [1.82, 2.24) is 19.8 Å². The fraction of sp³-hybridized carbons (Fsp3) is 0.125. The number of benzene rings is 3. The highest BCUT2D eigenvalue weighted by atomic mass is 16.5. The summed E-state index contributed by atoms with van der Waals surface area (Å²) in [6, 6.07) is 19.1. The van der Waals surface area contributed by atoms with E-state index in [9.17, 15) is 5.11 Å². The molecule has 0 amide bonds. The van der Waals surface area contributed by atoms with Gasteiger partial charge in [0.05, 0.1) is 31.0 Å². The Morgan fingerprint density at radius 3 is 2.42 bits per heavy atom.